The highest BCUT2D eigenvalue weighted by molar-refractivity contribution is 5.74. The maximum Gasteiger partial charge on any atom is 0.323 e. The summed E-state index contributed by atoms with van der Waals surface area (Å²) in [5.41, 5.74) is 0.146. The van der Waals surface area contributed by atoms with Crippen LogP contribution in [0.4, 0.5) is 0 Å². The van der Waals surface area contributed by atoms with Crippen LogP contribution in [-0.4, -0.2) is 35.4 Å². The number of hydrogen-bond donors (Lipinski definition) is 2. The molecule has 4 unspecified atom stereocenters. The van der Waals surface area contributed by atoms with Gasteiger partial charge in [-0.05, 0) is 25.2 Å². The minimum atomic E-state index is -0.811. The molecular weight excluding hydrogens is 206 g/mol. The lowest BCUT2D eigenvalue weighted by Crippen LogP contribution is -2.65. The second-order valence-corrected chi connectivity index (χ2v) is 5.73. The number of ether oxygens (including phenoxy) is 1. The second kappa shape index (κ2) is 4.00. The third-order valence-corrected chi connectivity index (χ3v) is 3.96. The molecule has 1 saturated heterocycles. The normalized spacial score (nSPS) is 42.4. The summed E-state index contributed by atoms with van der Waals surface area (Å²) in [6.45, 7) is 6.26. The number of carboxylic acids is 1. The Kier molecular flexibility index (Phi) is 2.97. The summed E-state index contributed by atoms with van der Waals surface area (Å²) in [5.74, 6) is -0.811. The molecule has 4 nitrogen and oxygen atoms in total. The van der Waals surface area contributed by atoms with Gasteiger partial charge in [0.15, 0.2) is 0 Å². The Morgan fingerprint density at radius 3 is 2.81 bits per heavy atom. The van der Waals surface area contributed by atoms with Crippen molar-refractivity contribution in [3.05, 3.63) is 0 Å². The van der Waals surface area contributed by atoms with Crippen LogP contribution in [0.25, 0.3) is 0 Å². The van der Waals surface area contributed by atoms with Gasteiger partial charge in [-0.3, -0.25) is 10.1 Å². The van der Waals surface area contributed by atoms with Gasteiger partial charge in [-0.15, -0.1) is 0 Å². The van der Waals surface area contributed by atoms with E-state index in [-0.39, 0.29) is 23.7 Å². The van der Waals surface area contributed by atoms with Crippen LogP contribution in [0.1, 0.15) is 40.0 Å². The minimum absolute atomic E-state index is 0.145. The van der Waals surface area contributed by atoms with Crippen molar-refractivity contribution in [3.63, 3.8) is 0 Å². The van der Waals surface area contributed by atoms with Crippen molar-refractivity contribution >= 4 is 5.97 Å². The highest BCUT2D eigenvalue weighted by atomic mass is 16.5. The van der Waals surface area contributed by atoms with Gasteiger partial charge in [0.1, 0.15) is 6.04 Å². The minimum Gasteiger partial charge on any atom is -0.480 e. The molecule has 0 aromatic carbocycles. The van der Waals surface area contributed by atoms with Crippen LogP contribution in [0, 0.1) is 5.41 Å². The molecule has 0 spiro atoms. The fraction of sp³-hybridized carbons (Fsp3) is 0.917. The van der Waals surface area contributed by atoms with E-state index >= 15 is 0 Å². The maximum absolute atomic E-state index is 11.1. The third-order valence-electron chi connectivity index (χ3n) is 3.96. The molecule has 92 valence electrons. The highest BCUT2D eigenvalue weighted by Gasteiger charge is 2.47. The summed E-state index contributed by atoms with van der Waals surface area (Å²) in [4.78, 5) is 11.1. The molecule has 1 saturated carbocycles. The highest BCUT2D eigenvalue weighted by Crippen LogP contribution is 2.40. The molecule has 0 bridgehead atoms. The van der Waals surface area contributed by atoms with Crippen molar-refractivity contribution in [2.24, 2.45) is 5.41 Å². The molecule has 0 radical (unpaired) electrons. The van der Waals surface area contributed by atoms with Gasteiger partial charge in [-0.1, -0.05) is 20.3 Å². The Labute approximate surface area is 96.4 Å². The van der Waals surface area contributed by atoms with E-state index in [1.165, 1.54) is 0 Å². The van der Waals surface area contributed by atoms with E-state index in [0.29, 0.717) is 0 Å². The van der Waals surface area contributed by atoms with Gasteiger partial charge >= 0.3 is 5.97 Å². The molecule has 1 aliphatic carbocycles. The van der Waals surface area contributed by atoms with Crippen molar-refractivity contribution in [1.82, 2.24) is 5.32 Å². The number of hydrogen-bond acceptors (Lipinski definition) is 3. The third kappa shape index (κ3) is 1.96. The van der Waals surface area contributed by atoms with Crippen LogP contribution >= 0.6 is 0 Å². The van der Waals surface area contributed by atoms with Crippen molar-refractivity contribution < 1.29 is 14.6 Å². The van der Waals surface area contributed by atoms with Gasteiger partial charge in [0, 0.05) is 6.04 Å². The lowest BCUT2D eigenvalue weighted by molar-refractivity contribution is -0.168. The average molecular weight is 227 g/mol. The first-order valence-corrected chi connectivity index (χ1v) is 6.06. The fourth-order valence-corrected chi connectivity index (χ4v) is 3.01. The van der Waals surface area contributed by atoms with Crippen molar-refractivity contribution in [2.75, 3.05) is 0 Å². The number of carboxylic acid groups (broad SMARTS) is 1. The van der Waals surface area contributed by atoms with Crippen LogP contribution < -0.4 is 5.32 Å². The van der Waals surface area contributed by atoms with Gasteiger partial charge in [0.05, 0.1) is 12.2 Å². The van der Waals surface area contributed by atoms with Gasteiger partial charge < -0.3 is 9.84 Å². The largest absolute Gasteiger partial charge is 0.480 e. The van der Waals surface area contributed by atoms with Crippen LogP contribution in [0.2, 0.25) is 0 Å². The van der Waals surface area contributed by atoms with Crippen molar-refractivity contribution in [2.45, 2.75) is 64.3 Å². The Hall–Kier alpha value is -0.610. The van der Waals surface area contributed by atoms with Crippen LogP contribution in [0.5, 0.6) is 0 Å². The molecule has 16 heavy (non-hydrogen) atoms. The number of fused-ring (bicyclic) bond motifs is 1. The average Bonchev–Trinajstić information content (AvgIpc) is 2.17. The Morgan fingerprint density at radius 1 is 1.50 bits per heavy atom. The van der Waals surface area contributed by atoms with Crippen LogP contribution in [0.3, 0.4) is 0 Å². The maximum atomic E-state index is 11.1. The topological polar surface area (TPSA) is 58.6 Å². The van der Waals surface area contributed by atoms with E-state index in [1.807, 2.05) is 6.92 Å². The summed E-state index contributed by atoms with van der Waals surface area (Å²) in [5, 5.41) is 12.3. The van der Waals surface area contributed by atoms with E-state index in [4.69, 9.17) is 9.84 Å². The molecule has 1 aliphatic heterocycles. The monoisotopic (exact) mass is 227 g/mol. The van der Waals surface area contributed by atoms with E-state index in [1.54, 1.807) is 0 Å². The Morgan fingerprint density at radius 2 is 2.19 bits per heavy atom. The van der Waals surface area contributed by atoms with Gasteiger partial charge in [0.2, 0.25) is 0 Å². The van der Waals surface area contributed by atoms with E-state index in [2.05, 4.69) is 19.2 Å². The number of aliphatic carboxylic acids is 1. The number of morpholine rings is 1. The quantitative estimate of drug-likeness (QED) is 0.711. The molecule has 4 atom stereocenters. The number of carbonyl (C=O) groups is 1. The molecule has 1 heterocycles. The van der Waals surface area contributed by atoms with Gasteiger partial charge in [-0.25, -0.2) is 0 Å². The first-order chi connectivity index (χ1) is 7.42. The van der Waals surface area contributed by atoms with Crippen molar-refractivity contribution in [1.29, 1.82) is 0 Å². The van der Waals surface area contributed by atoms with Gasteiger partial charge in [-0.2, -0.15) is 0 Å². The molecule has 2 aliphatic rings. The molecule has 0 amide bonds. The first kappa shape index (κ1) is 11.9. The fourth-order valence-electron chi connectivity index (χ4n) is 3.01. The molecule has 4 heteroatoms. The standard InChI is InChI=1S/C12H21NO3/c1-7-9(11(14)15)13-8-5-4-6-12(2,3)10(8)16-7/h7-10,13H,4-6H2,1-3H3,(H,14,15). The summed E-state index contributed by atoms with van der Waals surface area (Å²) in [7, 11) is 0. The molecule has 2 rings (SSSR count). The second-order valence-electron chi connectivity index (χ2n) is 5.73. The number of rotatable bonds is 1. The predicted molar refractivity (Wildman–Crippen MR) is 60.3 cm³/mol. The van der Waals surface area contributed by atoms with E-state index in [0.717, 1.165) is 19.3 Å². The zero-order valence-corrected chi connectivity index (χ0v) is 10.2. The molecule has 0 aromatic heterocycles. The zero-order chi connectivity index (χ0) is 11.9. The summed E-state index contributed by atoms with van der Waals surface area (Å²) >= 11 is 0. The molecule has 0 aromatic rings. The number of nitrogens with one attached hydrogen (secondary N) is 1. The lowest BCUT2D eigenvalue weighted by atomic mass is 9.71. The van der Waals surface area contributed by atoms with Crippen LogP contribution in [-0.2, 0) is 9.53 Å². The van der Waals surface area contributed by atoms with Gasteiger partial charge in [0.25, 0.3) is 0 Å². The lowest BCUT2D eigenvalue weighted by Gasteiger charge is -2.50. The van der Waals surface area contributed by atoms with Crippen molar-refractivity contribution in [3.8, 4) is 0 Å². The van der Waals surface area contributed by atoms with E-state index < -0.39 is 12.0 Å². The predicted octanol–water partition coefficient (Wildman–Crippen LogP) is 1.40. The summed E-state index contributed by atoms with van der Waals surface area (Å²) in [6, 6.07) is -0.365. The molecule has 2 fully saturated rings. The first-order valence-electron chi connectivity index (χ1n) is 6.06. The Bertz CT molecular complexity index is 290. The molecule has 2 N–H and O–H groups in total. The summed E-state index contributed by atoms with van der Waals surface area (Å²) < 4.78 is 5.94. The van der Waals surface area contributed by atoms with E-state index in [9.17, 15) is 4.79 Å². The molecular formula is C12H21NO3. The van der Waals surface area contributed by atoms with Crippen LogP contribution in [0.15, 0.2) is 0 Å². The SMILES string of the molecule is CC1OC2C(CCCC2(C)C)NC1C(=O)O. The zero-order valence-electron chi connectivity index (χ0n) is 10.2. The summed E-state index contributed by atoms with van der Waals surface area (Å²) in [6.07, 6.45) is 3.21. The Balaban J connectivity index is 2.14. The smallest absolute Gasteiger partial charge is 0.323 e.